The Hall–Kier alpha value is -1.76. The van der Waals surface area contributed by atoms with E-state index in [0.29, 0.717) is 18.0 Å². The highest BCUT2D eigenvalue weighted by molar-refractivity contribution is 7.90. The van der Waals surface area contributed by atoms with Gasteiger partial charge in [0.1, 0.15) is 27.3 Å². The minimum Gasteiger partial charge on any atom is -0.491 e. The Kier molecular flexibility index (Phi) is 4.72. The average Bonchev–Trinajstić information content (AvgIpc) is 2.42. The van der Waals surface area contributed by atoms with E-state index < -0.39 is 15.9 Å². The SMILES string of the molecule is CCCOc1cccc2c1NC(=O)C(CCS(C)(=O)=O)N2. The summed E-state index contributed by atoms with van der Waals surface area (Å²) in [6.45, 7) is 2.58. The Bertz CT molecular complexity index is 628. The van der Waals surface area contributed by atoms with Crippen molar-refractivity contribution in [3.63, 3.8) is 0 Å². The van der Waals surface area contributed by atoms with Crippen molar-refractivity contribution in [2.75, 3.05) is 29.2 Å². The van der Waals surface area contributed by atoms with Crippen LogP contribution in [0.25, 0.3) is 0 Å². The lowest BCUT2D eigenvalue weighted by molar-refractivity contribution is -0.117. The van der Waals surface area contributed by atoms with Gasteiger partial charge in [0.2, 0.25) is 5.91 Å². The molecule has 1 aliphatic rings. The van der Waals surface area contributed by atoms with Gasteiger partial charge in [0, 0.05) is 6.26 Å². The molecule has 1 aromatic carbocycles. The second kappa shape index (κ2) is 6.34. The number of ether oxygens (including phenoxy) is 1. The van der Waals surface area contributed by atoms with E-state index in [1.165, 1.54) is 6.26 Å². The van der Waals surface area contributed by atoms with Crippen LogP contribution in [0.3, 0.4) is 0 Å². The first-order valence-electron chi connectivity index (χ1n) is 6.91. The Morgan fingerprint density at radius 3 is 2.76 bits per heavy atom. The van der Waals surface area contributed by atoms with Crippen LogP contribution in [0.1, 0.15) is 19.8 Å². The predicted molar refractivity (Wildman–Crippen MR) is 82.6 cm³/mol. The molecule has 0 saturated carbocycles. The Morgan fingerprint density at radius 2 is 2.10 bits per heavy atom. The van der Waals surface area contributed by atoms with E-state index in [-0.39, 0.29) is 18.1 Å². The Balaban J connectivity index is 2.14. The fourth-order valence-electron chi connectivity index (χ4n) is 2.11. The molecule has 1 aromatic rings. The van der Waals surface area contributed by atoms with Crippen LogP contribution in [0.2, 0.25) is 0 Å². The maximum atomic E-state index is 12.1. The number of amides is 1. The van der Waals surface area contributed by atoms with Gasteiger partial charge in [0.05, 0.1) is 18.0 Å². The molecule has 1 heterocycles. The molecule has 6 nitrogen and oxygen atoms in total. The minimum absolute atomic E-state index is 0.0283. The number of carbonyl (C=O) groups is 1. The Morgan fingerprint density at radius 1 is 1.33 bits per heavy atom. The van der Waals surface area contributed by atoms with Crippen LogP contribution in [0, 0.1) is 0 Å². The summed E-state index contributed by atoms with van der Waals surface area (Å²) in [5.41, 5.74) is 1.37. The van der Waals surface area contributed by atoms with Gasteiger partial charge in [-0.1, -0.05) is 13.0 Å². The van der Waals surface area contributed by atoms with Crippen LogP contribution in [-0.2, 0) is 14.6 Å². The molecule has 0 saturated heterocycles. The van der Waals surface area contributed by atoms with Gasteiger partial charge in [-0.2, -0.15) is 0 Å². The minimum atomic E-state index is -3.09. The van der Waals surface area contributed by atoms with Gasteiger partial charge in [-0.25, -0.2) is 8.42 Å². The lowest BCUT2D eigenvalue weighted by Gasteiger charge is -2.28. The zero-order valence-electron chi connectivity index (χ0n) is 12.2. The molecule has 0 aliphatic carbocycles. The number of sulfone groups is 1. The van der Waals surface area contributed by atoms with Crippen molar-refractivity contribution in [2.24, 2.45) is 0 Å². The third-order valence-electron chi connectivity index (χ3n) is 3.16. The first-order valence-corrected chi connectivity index (χ1v) is 8.97. The molecule has 1 aliphatic heterocycles. The highest BCUT2D eigenvalue weighted by Gasteiger charge is 2.28. The molecule has 0 fully saturated rings. The van der Waals surface area contributed by atoms with Gasteiger partial charge < -0.3 is 15.4 Å². The summed E-state index contributed by atoms with van der Waals surface area (Å²) in [6.07, 6.45) is 2.28. The third kappa shape index (κ3) is 4.10. The van der Waals surface area contributed by atoms with Crippen LogP contribution >= 0.6 is 0 Å². The lowest BCUT2D eigenvalue weighted by atomic mass is 10.1. The zero-order chi connectivity index (χ0) is 15.5. The van der Waals surface area contributed by atoms with Crippen molar-refractivity contribution in [3.8, 4) is 5.75 Å². The fraction of sp³-hybridized carbons (Fsp3) is 0.500. The molecule has 1 unspecified atom stereocenters. The van der Waals surface area contributed by atoms with E-state index >= 15 is 0 Å². The molecule has 0 radical (unpaired) electrons. The summed E-state index contributed by atoms with van der Waals surface area (Å²) in [4.78, 5) is 12.1. The molecule has 2 rings (SSSR count). The topological polar surface area (TPSA) is 84.5 Å². The molecular weight excluding hydrogens is 292 g/mol. The largest absolute Gasteiger partial charge is 0.491 e. The maximum absolute atomic E-state index is 12.1. The molecule has 0 aromatic heterocycles. The summed E-state index contributed by atoms with van der Waals surface area (Å²) in [6, 6.07) is 4.92. The van der Waals surface area contributed by atoms with E-state index in [1.807, 2.05) is 19.1 Å². The van der Waals surface area contributed by atoms with Crippen LogP contribution < -0.4 is 15.4 Å². The summed E-state index contributed by atoms with van der Waals surface area (Å²) in [5.74, 6) is 0.356. The standard InChI is InChI=1S/C14H20N2O4S/c1-3-8-20-12-6-4-5-10-13(12)16-14(17)11(15-10)7-9-21(2,18)19/h4-6,11,15H,3,7-9H2,1-2H3,(H,16,17). The smallest absolute Gasteiger partial charge is 0.247 e. The van der Waals surface area contributed by atoms with E-state index in [4.69, 9.17) is 4.74 Å². The van der Waals surface area contributed by atoms with Crippen molar-refractivity contribution in [3.05, 3.63) is 18.2 Å². The average molecular weight is 312 g/mol. The van der Waals surface area contributed by atoms with E-state index in [9.17, 15) is 13.2 Å². The van der Waals surface area contributed by atoms with Crippen molar-refractivity contribution in [2.45, 2.75) is 25.8 Å². The normalized spacial score (nSPS) is 17.6. The van der Waals surface area contributed by atoms with E-state index in [1.54, 1.807) is 6.07 Å². The number of fused-ring (bicyclic) bond motifs is 1. The monoisotopic (exact) mass is 312 g/mol. The van der Waals surface area contributed by atoms with Crippen LogP contribution in [0.5, 0.6) is 5.75 Å². The van der Waals surface area contributed by atoms with Gasteiger partial charge >= 0.3 is 0 Å². The molecule has 116 valence electrons. The zero-order valence-corrected chi connectivity index (χ0v) is 13.0. The fourth-order valence-corrected chi connectivity index (χ4v) is 2.78. The van der Waals surface area contributed by atoms with Crippen molar-refractivity contribution < 1.29 is 17.9 Å². The summed E-state index contributed by atoms with van der Waals surface area (Å²) in [7, 11) is -3.09. The van der Waals surface area contributed by atoms with Crippen molar-refractivity contribution >= 4 is 27.1 Å². The lowest BCUT2D eigenvalue weighted by Crippen LogP contribution is -2.40. The molecule has 1 amide bonds. The number of hydrogen-bond donors (Lipinski definition) is 2. The summed E-state index contributed by atoms with van der Waals surface area (Å²) >= 11 is 0. The molecule has 2 N–H and O–H groups in total. The molecule has 0 bridgehead atoms. The van der Waals surface area contributed by atoms with Crippen molar-refractivity contribution in [1.82, 2.24) is 0 Å². The highest BCUT2D eigenvalue weighted by atomic mass is 32.2. The van der Waals surface area contributed by atoms with Crippen LogP contribution in [0.15, 0.2) is 18.2 Å². The quantitative estimate of drug-likeness (QED) is 0.834. The van der Waals surface area contributed by atoms with E-state index in [0.717, 1.165) is 12.1 Å². The summed E-state index contributed by atoms with van der Waals surface area (Å²) in [5, 5.41) is 5.88. The Labute approximate surface area is 124 Å². The molecule has 21 heavy (non-hydrogen) atoms. The molecule has 7 heteroatoms. The van der Waals surface area contributed by atoms with Gasteiger partial charge in [-0.05, 0) is 25.0 Å². The van der Waals surface area contributed by atoms with Gasteiger partial charge in [-0.15, -0.1) is 0 Å². The molecule has 1 atom stereocenters. The van der Waals surface area contributed by atoms with E-state index in [2.05, 4.69) is 10.6 Å². The summed E-state index contributed by atoms with van der Waals surface area (Å²) < 4.78 is 28.0. The number of benzene rings is 1. The molecular formula is C14H20N2O4S. The second-order valence-electron chi connectivity index (χ2n) is 5.13. The second-order valence-corrected chi connectivity index (χ2v) is 7.39. The number of rotatable bonds is 6. The van der Waals surface area contributed by atoms with Gasteiger partial charge in [-0.3, -0.25) is 4.79 Å². The number of para-hydroxylation sites is 1. The number of carbonyl (C=O) groups excluding carboxylic acids is 1. The van der Waals surface area contributed by atoms with Crippen LogP contribution in [-0.4, -0.2) is 39.0 Å². The highest BCUT2D eigenvalue weighted by Crippen LogP contribution is 2.36. The maximum Gasteiger partial charge on any atom is 0.247 e. The van der Waals surface area contributed by atoms with Gasteiger partial charge in [0.25, 0.3) is 0 Å². The van der Waals surface area contributed by atoms with Crippen LogP contribution in [0.4, 0.5) is 11.4 Å². The first-order chi connectivity index (χ1) is 9.90. The number of anilines is 2. The van der Waals surface area contributed by atoms with Crippen molar-refractivity contribution in [1.29, 1.82) is 0 Å². The molecule has 0 spiro atoms. The van der Waals surface area contributed by atoms with Gasteiger partial charge in [0.15, 0.2) is 0 Å². The number of nitrogens with one attached hydrogen (secondary N) is 2. The first kappa shape index (κ1) is 15.6. The third-order valence-corrected chi connectivity index (χ3v) is 4.14. The number of hydrogen-bond acceptors (Lipinski definition) is 5. The predicted octanol–water partition coefficient (Wildman–Crippen LogP) is 1.64.